The van der Waals surface area contributed by atoms with Crippen LogP contribution in [0.15, 0.2) is 42.5 Å². The lowest BCUT2D eigenvalue weighted by Gasteiger charge is -2.43. The summed E-state index contributed by atoms with van der Waals surface area (Å²) in [4.78, 5) is 29.3. The number of hydrogen-bond donors (Lipinski definition) is 1. The molecule has 0 bridgehead atoms. The smallest absolute Gasteiger partial charge is 0.364 e. The Kier molecular flexibility index (Phi) is 8.45. The van der Waals surface area contributed by atoms with Crippen molar-refractivity contribution in [2.45, 2.75) is 43.8 Å². The summed E-state index contributed by atoms with van der Waals surface area (Å²) in [5.41, 5.74) is 5.40. The molecule has 1 fully saturated rings. The minimum Gasteiger partial charge on any atom is -0.364 e. The van der Waals surface area contributed by atoms with Gasteiger partial charge in [0, 0.05) is 23.0 Å². The molecule has 0 aliphatic heterocycles. The van der Waals surface area contributed by atoms with Gasteiger partial charge >= 0.3 is 12.1 Å². The molecular formula is C26H31Cl2F3N3O2+. The van der Waals surface area contributed by atoms with Gasteiger partial charge in [-0.1, -0.05) is 41.4 Å². The Labute approximate surface area is 219 Å². The minimum atomic E-state index is -4.47. The van der Waals surface area contributed by atoms with E-state index >= 15 is 0 Å². The first-order valence-corrected chi connectivity index (χ1v) is 12.5. The second-order valence-corrected chi connectivity index (χ2v) is 10.5. The Hall–Kier alpha value is -2.13. The summed E-state index contributed by atoms with van der Waals surface area (Å²) in [5, 5.41) is 0.835. The number of primary amides is 1. The van der Waals surface area contributed by atoms with Crippen LogP contribution in [0, 0.1) is 0 Å². The molecule has 1 saturated carbocycles. The molecule has 0 aromatic heterocycles. The molecule has 2 atom stereocenters. The van der Waals surface area contributed by atoms with Gasteiger partial charge in [0.15, 0.2) is 6.04 Å². The van der Waals surface area contributed by atoms with Crippen LogP contribution < -0.4 is 5.73 Å². The highest BCUT2D eigenvalue weighted by Crippen LogP contribution is 2.53. The van der Waals surface area contributed by atoms with E-state index < -0.39 is 29.1 Å². The highest BCUT2D eigenvalue weighted by molar-refractivity contribution is 6.35. The molecule has 2 N–H and O–H groups in total. The number of amides is 2. The molecule has 2 aromatic rings. The van der Waals surface area contributed by atoms with E-state index in [1.165, 1.54) is 12.1 Å². The molecule has 1 aliphatic rings. The van der Waals surface area contributed by atoms with Crippen molar-refractivity contribution >= 4 is 35.0 Å². The average Bonchev–Trinajstić information content (AvgIpc) is 3.59. The van der Waals surface area contributed by atoms with E-state index in [1.807, 2.05) is 25.9 Å². The second kappa shape index (κ2) is 10.7. The van der Waals surface area contributed by atoms with Gasteiger partial charge in [-0.25, -0.2) is 9.28 Å². The van der Waals surface area contributed by atoms with Gasteiger partial charge in [0.1, 0.15) is 5.41 Å². The van der Waals surface area contributed by atoms with Gasteiger partial charge in [-0.15, -0.1) is 0 Å². The number of halogens is 5. The normalized spacial score (nSPS) is 17.5. The molecule has 196 valence electrons. The standard InChI is InChI=1S/C26H30Cl2F3N3O2/c1-4-34(14-13-33(2)3,24(36)25(11-12-25)20-10-9-19(27)16-21(20)28)22(23(32)35)15-17-5-7-18(8-6-17)26(29,30)31/h5-10,16,22H,4,11-15H2,1-3H3,(H-,32,35)/p+1/t22-,34?/m0/s1. The predicted molar refractivity (Wildman–Crippen MR) is 135 cm³/mol. The number of quaternary nitrogens is 1. The lowest BCUT2D eigenvalue weighted by molar-refractivity contribution is -0.869. The lowest BCUT2D eigenvalue weighted by Crippen LogP contribution is -2.68. The van der Waals surface area contributed by atoms with E-state index in [0.29, 0.717) is 47.1 Å². The van der Waals surface area contributed by atoms with Gasteiger partial charge in [0.2, 0.25) is 0 Å². The fraction of sp³-hybridized carbons (Fsp3) is 0.462. The van der Waals surface area contributed by atoms with E-state index in [-0.39, 0.29) is 23.4 Å². The number of alkyl halides is 3. The van der Waals surface area contributed by atoms with Gasteiger partial charge in [0.25, 0.3) is 5.91 Å². The summed E-state index contributed by atoms with van der Waals surface area (Å²) in [6, 6.07) is 8.69. The van der Waals surface area contributed by atoms with Crippen LogP contribution in [-0.4, -0.2) is 61.0 Å². The summed E-state index contributed by atoms with van der Waals surface area (Å²) in [7, 11) is 3.74. The van der Waals surface area contributed by atoms with Crippen molar-refractivity contribution in [3.05, 3.63) is 69.2 Å². The van der Waals surface area contributed by atoms with E-state index in [0.717, 1.165) is 12.1 Å². The number of likely N-dealkylation sites (N-methyl/N-ethyl adjacent to an activating group) is 2. The third-order valence-electron chi connectivity index (χ3n) is 7.16. The van der Waals surface area contributed by atoms with Crippen molar-refractivity contribution in [3.63, 3.8) is 0 Å². The van der Waals surface area contributed by atoms with E-state index in [4.69, 9.17) is 28.9 Å². The molecule has 2 aromatic carbocycles. The Morgan fingerprint density at radius 2 is 1.72 bits per heavy atom. The Morgan fingerprint density at radius 3 is 2.17 bits per heavy atom. The number of carbonyl (C=O) groups is 2. The maximum atomic E-state index is 14.5. The van der Waals surface area contributed by atoms with Crippen molar-refractivity contribution in [2.24, 2.45) is 5.73 Å². The third-order valence-corrected chi connectivity index (χ3v) is 7.70. The number of hydrogen-bond acceptors (Lipinski definition) is 3. The Bertz CT molecular complexity index is 1120. The van der Waals surface area contributed by atoms with Crippen LogP contribution in [0.1, 0.15) is 36.5 Å². The summed E-state index contributed by atoms with van der Waals surface area (Å²) < 4.78 is 38.9. The summed E-state index contributed by atoms with van der Waals surface area (Å²) in [5.74, 6) is -0.839. The monoisotopic (exact) mass is 544 g/mol. The number of nitrogens with zero attached hydrogens (tertiary/aromatic N) is 2. The summed E-state index contributed by atoms with van der Waals surface area (Å²) in [6.45, 7) is 2.92. The highest BCUT2D eigenvalue weighted by Gasteiger charge is 2.63. The van der Waals surface area contributed by atoms with Gasteiger partial charge in [-0.05, 0) is 69.3 Å². The maximum Gasteiger partial charge on any atom is 0.416 e. The van der Waals surface area contributed by atoms with E-state index in [9.17, 15) is 22.8 Å². The van der Waals surface area contributed by atoms with Crippen molar-refractivity contribution in [1.82, 2.24) is 4.90 Å². The zero-order valence-corrected chi connectivity index (χ0v) is 22.1. The van der Waals surface area contributed by atoms with Crippen LogP contribution in [-0.2, 0) is 27.6 Å². The summed E-state index contributed by atoms with van der Waals surface area (Å²) >= 11 is 12.6. The third kappa shape index (κ3) is 5.72. The SMILES string of the molecule is CC[N+](CCN(C)C)(C(=O)C1(c2ccc(Cl)cc2Cl)CC1)[C@@H](Cc1ccc(C(F)(F)F)cc1)C(N)=O. The minimum absolute atomic E-state index is 0.0326. The number of rotatable bonds is 10. The topological polar surface area (TPSA) is 63.4 Å². The molecule has 0 spiro atoms. The number of nitrogens with two attached hydrogens (primary N) is 1. The van der Waals surface area contributed by atoms with Crippen LogP contribution in [0.5, 0.6) is 0 Å². The molecule has 5 nitrogen and oxygen atoms in total. The van der Waals surface area contributed by atoms with E-state index in [2.05, 4.69) is 0 Å². The lowest BCUT2D eigenvalue weighted by atomic mass is 9.90. The zero-order valence-electron chi connectivity index (χ0n) is 20.5. The van der Waals surface area contributed by atoms with Gasteiger partial charge in [-0.2, -0.15) is 13.2 Å². The molecular weight excluding hydrogens is 514 g/mol. The van der Waals surface area contributed by atoms with Crippen LogP contribution in [0.25, 0.3) is 0 Å². The van der Waals surface area contributed by atoms with Gasteiger partial charge < -0.3 is 10.6 Å². The maximum absolute atomic E-state index is 14.5. The molecule has 0 heterocycles. The van der Waals surface area contributed by atoms with Crippen molar-refractivity contribution in [1.29, 1.82) is 0 Å². The average molecular weight is 545 g/mol. The molecule has 36 heavy (non-hydrogen) atoms. The number of carbonyl (C=O) groups excluding carboxylic acids is 2. The van der Waals surface area contributed by atoms with Gasteiger partial charge in [0.05, 0.1) is 18.7 Å². The second-order valence-electron chi connectivity index (χ2n) is 9.71. The molecule has 1 unspecified atom stereocenters. The molecule has 10 heteroatoms. The highest BCUT2D eigenvalue weighted by atomic mass is 35.5. The van der Waals surface area contributed by atoms with Crippen molar-refractivity contribution < 1.29 is 27.2 Å². The Morgan fingerprint density at radius 1 is 1.11 bits per heavy atom. The summed E-state index contributed by atoms with van der Waals surface area (Å²) in [6.07, 6.45) is -3.30. The Balaban J connectivity index is 2.06. The van der Waals surface area contributed by atoms with Crippen LogP contribution in [0.2, 0.25) is 10.0 Å². The molecule has 0 saturated heterocycles. The first-order valence-electron chi connectivity index (χ1n) is 11.7. The molecule has 3 rings (SSSR count). The van der Waals surface area contributed by atoms with Crippen molar-refractivity contribution in [3.8, 4) is 0 Å². The van der Waals surface area contributed by atoms with Crippen LogP contribution in [0.3, 0.4) is 0 Å². The van der Waals surface area contributed by atoms with Crippen molar-refractivity contribution in [2.75, 3.05) is 33.7 Å². The zero-order chi connectivity index (χ0) is 26.9. The molecule has 1 aliphatic carbocycles. The largest absolute Gasteiger partial charge is 0.416 e. The molecule has 0 radical (unpaired) electrons. The van der Waals surface area contributed by atoms with Crippen LogP contribution in [0.4, 0.5) is 13.2 Å². The van der Waals surface area contributed by atoms with E-state index in [1.54, 1.807) is 18.2 Å². The first kappa shape index (κ1) is 28.4. The quantitative estimate of drug-likeness (QED) is 0.425. The number of benzene rings is 2. The van der Waals surface area contributed by atoms with Crippen LogP contribution >= 0.6 is 23.2 Å². The fourth-order valence-electron chi connectivity index (χ4n) is 4.90. The first-order chi connectivity index (χ1) is 16.8. The fourth-order valence-corrected chi connectivity index (χ4v) is 5.49. The van der Waals surface area contributed by atoms with Gasteiger partial charge in [-0.3, -0.25) is 4.79 Å². The molecule has 2 amide bonds. The predicted octanol–water partition coefficient (Wildman–Crippen LogP) is 5.07.